The van der Waals surface area contributed by atoms with Crippen LogP contribution < -0.4 is 14.4 Å². The summed E-state index contributed by atoms with van der Waals surface area (Å²) in [5.41, 5.74) is 2.73. The van der Waals surface area contributed by atoms with E-state index < -0.39 is 0 Å². The van der Waals surface area contributed by atoms with Gasteiger partial charge in [-0.15, -0.1) is 11.6 Å². The van der Waals surface area contributed by atoms with Crippen molar-refractivity contribution in [2.24, 2.45) is 0 Å². The van der Waals surface area contributed by atoms with E-state index in [2.05, 4.69) is 19.1 Å². The molecule has 4 heteroatoms. The number of alkyl halides is 1. The Morgan fingerprint density at radius 2 is 1.94 bits per heavy atom. The molecule has 0 radical (unpaired) electrons. The SMILES string of the molecule is COc1cc2c(cc1OC)[C@H](C)[NH+](CCCl)CC2. The summed E-state index contributed by atoms with van der Waals surface area (Å²) < 4.78 is 10.7. The predicted molar refractivity (Wildman–Crippen MR) is 73.1 cm³/mol. The summed E-state index contributed by atoms with van der Waals surface area (Å²) in [7, 11) is 3.36. The van der Waals surface area contributed by atoms with Gasteiger partial charge in [0.1, 0.15) is 6.04 Å². The molecule has 1 unspecified atom stereocenters. The van der Waals surface area contributed by atoms with Crippen LogP contribution in [-0.4, -0.2) is 33.2 Å². The Hall–Kier alpha value is -0.930. The van der Waals surface area contributed by atoms with Crippen LogP contribution in [0.5, 0.6) is 11.5 Å². The predicted octanol–water partition coefficient (Wildman–Crippen LogP) is 1.44. The van der Waals surface area contributed by atoms with Crippen molar-refractivity contribution in [2.45, 2.75) is 19.4 Å². The van der Waals surface area contributed by atoms with Crippen molar-refractivity contribution in [1.29, 1.82) is 0 Å². The number of nitrogens with one attached hydrogen (secondary N) is 1. The number of halogens is 1. The fraction of sp³-hybridized carbons (Fsp3) is 0.571. The third-order valence-corrected chi connectivity index (χ3v) is 4.04. The summed E-state index contributed by atoms with van der Waals surface area (Å²) in [6.07, 6.45) is 1.08. The van der Waals surface area contributed by atoms with Crippen LogP contribution in [0.4, 0.5) is 0 Å². The third kappa shape index (κ3) is 2.43. The van der Waals surface area contributed by atoms with Crippen LogP contribution in [0.3, 0.4) is 0 Å². The van der Waals surface area contributed by atoms with E-state index in [9.17, 15) is 0 Å². The van der Waals surface area contributed by atoms with E-state index in [-0.39, 0.29) is 0 Å². The molecule has 0 saturated carbocycles. The van der Waals surface area contributed by atoms with Gasteiger partial charge < -0.3 is 14.4 Å². The van der Waals surface area contributed by atoms with Gasteiger partial charge in [-0.2, -0.15) is 0 Å². The number of rotatable bonds is 4. The zero-order valence-electron chi connectivity index (χ0n) is 11.3. The minimum absolute atomic E-state index is 0.465. The molecule has 0 aliphatic carbocycles. The quantitative estimate of drug-likeness (QED) is 0.837. The van der Waals surface area contributed by atoms with Crippen molar-refractivity contribution < 1.29 is 14.4 Å². The number of hydrogen-bond donors (Lipinski definition) is 1. The van der Waals surface area contributed by atoms with Crippen LogP contribution >= 0.6 is 11.6 Å². The largest absolute Gasteiger partial charge is 0.493 e. The maximum Gasteiger partial charge on any atom is 0.161 e. The van der Waals surface area contributed by atoms with Crippen LogP contribution in [0.1, 0.15) is 24.1 Å². The van der Waals surface area contributed by atoms with Gasteiger partial charge in [-0.3, -0.25) is 0 Å². The smallest absolute Gasteiger partial charge is 0.161 e. The topological polar surface area (TPSA) is 22.9 Å². The van der Waals surface area contributed by atoms with Gasteiger partial charge in [-0.05, 0) is 24.6 Å². The van der Waals surface area contributed by atoms with Crippen LogP contribution in [-0.2, 0) is 6.42 Å². The van der Waals surface area contributed by atoms with E-state index in [1.807, 2.05) is 0 Å². The first-order valence-electron chi connectivity index (χ1n) is 6.36. The molecule has 3 nitrogen and oxygen atoms in total. The zero-order valence-corrected chi connectivity index (χ0v) is 12.0. The molecule has 1 aromatic rings. The van der Waals surface area contributed by atoms with E-state index in [0.717, 1.165) is 31.0 Å². The second-order valence-electron chi connectivity index (χ2n) is 4.72. The van der Waals surface area contributed by atoms with Crippen molar-refractivity contribution in [3.8, 4) is 11.5 Å². The van der Waals surface area contributed by atoms with Crippen molar-refractivity contribution >= 4 is 11.6 Å². The Balaban J connectivity index is 2.35. The Labute approximate surface area is 114 Å². The maximum absolute atomic E-state index is 5.87. The molecule has 2 atom stereocenters. The number of ether oxygens (including phenoxy) is 2. The number of quaternary nitrogens is 1. The third-order valence-electron chi connectivity index (χ3n) is 3.86. The van der Waals surface area contributed by atoms with Crippen LogP contribution in [0, 0.1) is 0 Å². The lowest BCUT2D eigenvalue weighted by molar-refractivity contribution is -0.929. The Kier molecular flexibility index (Phi) is 4.36. The minimum atomic E-state index is 0.465. The van der Waals surface area contributed by atoms with Gasteiger partial charge in [0.2, 0.25) is 0 Å². The van der Waals surface area contributed by atoms with Crippen molar-refractivity contribution in [3.63, 3.8) is 0 Å². The lowest BCUT2D eigenvalue weighted by Gasteiger charge is -2.32. The molecule has 0 amide bonds. The highest BCUT2D eigenvalue weighted by molar-refractivity contribution is 6.17. The Bertz CT molecular complexity index is 423. The molecule has 2 rings (SSSR count). The Morgan fingerprint density at radius 3 is 2.56 bits per heavy atom. The molecule has 1 aliphatic rings. The van der Waals surface area contributed by atoms with Crippen molar-refractivity contribution in [2.75, 3.05) is 33.2 Å². The van der Waals surface area contributed by atoms with Gasteiger partial charge >= 0.3 is 0 Å². The first-order valence-corrected chi connectivity index (χ1v) is 6.90. The highest BCUT2D eigenvalue weighted by atomic mass is 35.5. The van der Waals surface area contributed by atoms with Crippen molar-refractivity contribution in [3.05, 3.63) is 23.3 Å². The molecule has 0 fully saturated rings. The van der Waals surface area contributed by atoms with Gasteiger partial charge in [0.05, 0.1) is 33.2 Å². The molecular weight excluding hydrogens is 250 g/mol. The van der Waals surface area contributed by atoms with Crippen LogP contribution in [0.15, 0.2) is 12.1 Å². The summed E-state index contributed by atoms with van der Waals surface area (Å²) in [5, 5.41) is 0. The lowest BCUT2D eigenvalue weighted by Crippen LogP contribution is -3.13. The Morgan fingerprint density at radius 1 is 1.28 bits per heavy atom. The first-order chi connectivity index (χ1) is 8.71. The summed E-state index contributed by atoms with van der Waals surface area (Å²) in [6.45, 7) is 4.40. The molecule has 18 heavy (non-hydrogen) atoms. The van der Waals surface area contributed by atoms with Crippen LogP contribution in [0.2, 0.25) is 0 Å². The summed E-state index contributed by atoms with van der Waals surface area (Å²) in [4.78, 5) is 1.55. The normalized spacial score (nSPS) is 22.4. The molecule has 100 valence electrons. The lowest BCUT2D eigenvalue weighted by atomic mass is 9.93. The molecule has 1 aromatic carbocycles. The minimum Gasteiger partial charge on any atom is -0.493 e. The fourth-order valence-electron chi connectivity index (χ4n) is 2.75. The average Bonchev–Trinajstić information content (AvgIpc) is 2.41. The van der Waals surface area contributed by atoms with Gasteiger partial charge in [-0.1, -0.05) is 0 Å². The fourth-order valence-corrected chi connectivity index (χ4v) is 2.99. The second kappa shape index (κ2) is 5.81. The molecule has 0 saturated heterocycles. The molecule has 1 heterocycles. The highest BCUT2D eigenvalue weighted by Gasteiger charge is 2.28. The first kappa shape index (κ1) is 13.5. The van der Waals surface area contributed by atoms with E-state index in [1.165, 1.54) is 11.1 Å². The maximum atomic E-state index is 5.87. The standard InChI is InChI=1S/C14H20ClNO2/c1-10-12-9-14(18-3)13(17-2)8-11(12)4-6-16(10)7-5-15/h8-10H,4-7H2,1-3H3/p+1/t10-/m0/s1. The van der Waals surface area contributed by atoms with Gasteiger partial charge in [-0.25, -0.2) is 0 Å². The van der Waals surface area contributed by atoms with E-state index in [4.69, 9.17) is 21.1 Å². The average molecular weight is 271 g/mol. The number of benzene rings is 1. The summed E-state index contributed by atoms with van der Waals surface area (Å²) in [5.74, 6) is 2.35. The van der Waals surface area contributed by atoms with Gasteiger partial charge in [0.15, 0.2) is 11.5 Å². The van der Waals surface area contributed by atoms with Gasteiger partial charge in [0, 0.05) is 12.0 Å². The molecule has 0 bridgehead atoms. The molecule has 1 N–H and O–H groups in total. The summed E-state index contributed by atoms with van der Waals surface area (Å²) in [6, 6.07) is 4.70. The highest BCUT2D eigenvalue weighted by Crippen LogP contribution is 2.33. The molecule has 0 aromatic heterocycles. The molecule has 1 aliphatic heterocycles. The van der Waals surface area contributed by atoms with E-state index >= 15 is 0 Å². The van der Waals surface area contributed by atoms with Crippen LogP contribution in [0.25, 0.3) is 0 Å². The van der Waals surface area contributed by atoms with Crippen molar-refractivity contribution in [1.82, 2.24) is 0 Å². The van der Waals surface area contributed by atoms with E-state index in [1.54, 1.807) is 19.1 Å². The summed E-state index contributed by atoms with van der Waals surface area (Å²) >= 11 is 5.87. The van der Waals surface area contributed by atoms with Gasteiger partial charge in [0.25, 0.3) is 0 Å². The zero-order chi connectivity index (χ0) is 13.1. The molecule has 0 spiro atoms. The number of methoxy groups -OCH3 is 2. The number of hydrogen-bond acceptors (Lipinski definition) is 2. The number of fused-ring (bicyclic) bond motifs is 1. The molecular formula is C14H21ClNO2+. The second-order valence-corrected chi connectivity index (χ2v) is 5.10. The monoisotopic (exact) mass is 270 g/mol. The van der Waals surface area contributed by atoms with E-state index in [0.29, 0.717) is 11.9 Å².